The lowest BCUT2D eigenvalue weighted by molar-refractivity contribution is 0.149. The van der Waals surface area contributed by atoms with Crippen molar-refractivity contribution in [3.05, 3.63) is 96.6 Å². The molecular weight excluding hydrogens is 354 g/mol. The van der Waals surface area contributed by atoms with Crippen molar-refractivity contribution < 1.29 is 14.3 Å². The van der Waals surface area contributed by atoms with Crippen molar-refractivity contribution in [1.29, 1.82) is 0 Å². The maximum Gasteiger partial charge on any atom is 0.411 e. The van der Waals surface area contributed by atoms with Gasteiger partial charge in [-0.3, -0.25) is 5.32 Å². The summed E-state index contributed by atoms with van der Waals surface area (Å²) >= 11 is 0. The molecule has 6 heteroatoms. The highest BCUT2D eigenvalue weighted by molar-refractivity contribution is 5.89. The van der Waals surface area contributed by atoms with Crippen LogP contribution in [0, 0.1) is 0 Å². The number of hydrogen-bond acceptors (Lipinski definition) is 3. The maximum absolute atomic E-state index is 12.4. The highest BCUT2D eigenvalue weighted by atomic mass is 16.5. The molecule has 28 heavy (non-hydrogen) atoms. The van der Waals surface area contributed by atoms with Crippen LogP contribution in [0.2, 0.25) is 0 Å². The van der Waals surface area contributed by atoms with E-state index in [1.807, 2.05) is 66.7 Å². The van der Waals surface area contributed by atoms with E-state index in [1.165, 1.54) is 0 Å². The Morgan fingerprint density at radius 1 is 0.714 bits per heavy atom. The number of anilines is 2. The van der Waals surface area contributed by atoms with Crippen LogP contribution >= 0.6 is 0 Å². The average Bonchev–Trinajstić information content (AvgIpc) is 2.73. The highest BCUT2D eigenvalue weighted by Gasteiger charge is 2.17. The monoisotopic (exact) mass is 375 g/mol. The summed E-state index contributed by atoms with van der Waals surface area (Å²) in [7, 11) is 0. The van der Waals surface area contributed by atoms with E-state index in [-0.39, 0.29) is 12.6 Å². The SMILES string of the molecule is O=C(Nc1ccccc1)NC(COC(=O)Nc1ccccc1)c1ccccc1. The minimum absolute atomic E-state index is 0.00904. The van der Waals surface area contributed by atoms with Crippen molar-refractivity contribution in [1.82, 2.24) is 5.32 Å². The summed E-state index contributed by atoms with van der Waals surface area (Å²) in [6.07, 6.45) is -0.586. The molecular formula is C22H21N3O3. The van der Waals surface area contributed by atoms with Gasteiger partial charge in [-0.2, -0.15) is 0 Å². The van der Waals surface area contributed by atoms with Gasteiger partial charge in [-0.15, -0.1) is 0 Å². The first-order valence-corrected chi connectivity index (χ1v) is 8.87. The van der Waals surface area contributed by atoms with Gasteiger partial charge in [0.15, 0.2) is 0 Å². The molecule has 3 aromatic carbocycles. The molecule has 0 aliphatic heterocycles. The second kappa shape index (κ2) is 9.78. The highest BCUT2D eigenvalue weighted by Crippen LogP contribution is 2.15. The first-order chi connectivity index (χ1) is 13.7. The van der Waals surface area contributed by atoms with Crippen LogP contribution in [0.25, 0.3) is 0 Å². The van der Waals surface area contributed by atoms with Crippen molar-refractivity contribution in [3.63, 3.8) is 0 Å². The van der Waals surface area contributed by atoms with Crippen molar-refractivity contribution in [2.45, 2.75) is 6.04 Å². The van der Waals surface area contributed by atoms with Crippen LogP contribution in [0.4, 0.5) is 21.0 Å². The summed E-state index contributed by atoms with van der Waals surface area (Å²) in [4.78, 5) is 24.4. The lowest BCUT2D eigenvalue weighted by Gasteiger charge is -2.20. The van der Waals surface area contributed by atoms with E-state index in [1.54, 1.807) is 24.3 Å². The molecule has 6 nitrogen and oxygen atoms in total. The number of hydrogen-bond donors (Lipinski definition) is 3. The average molecular weight is 375 g/mol. The first-order valence-electron chi connectivity index (χ1n) is 8.87. The van der Waals surface area contributed by atoms with E-state index in [9.17, 15) is 9.59 Å². The van der Waals surface area contributed by atoms with Gasteiger partial charge >= 0.3 is 12.1 Å². The van der Waals surface area contributed by atoms with Crippen LogP contribution in [-0.4, -0.2) is 18.7 Å². The summed E-state index contributed by atoms with van der Waals surface area (Å²) in [5.74, 6) is 0. The van der Waals surface area contributed by atoms with E-state index >= 15 is 0 Å². The summed E-state index contributed by atoms with van der Waals surface area (Å²) < 4.78 is 5.32. The normalized spacial score (nSPS) is 11.1. The minimum Gasteiger partial charge on any atom is -0.447 e. The molecule has 0 heterocycles. The van der Waals surface area contributed by atoms with E-state index < -0.39 is 12.1 Å². The molecule has 0 saturated carbocycles. The lowest BCUT2D eigenvalue weighted by atomic mass is 10.1. The Bertz CT molecular complexity index is 887. The molecule has 1 atom stereocenters. The maximum atomic E-state index is 12.4. The molecule has 142 valence electrons. The number of carbonyl (C=O) groups is 2. The standard InChI is InChI=1S/C22H21N3O3/c26-21(23-18-12-6-2-7-13-18)25-20(17-10-4-1-5-11-17)16-28-22(27)24-19-14-8-3-9-15-19/h1-15,20H,16H2,(H,24,27)(H2,23,25,26). The number of carbonyl (C=O) groups excluding carboxylic acids is 2. The van der Waals surface area contributed by atoms with Gasteiger partial charge in [0.2, 0.25) is 0 Å². The molecule has 3 rings (SSSR count). The molecule has 0 radical (unpaired) electrons. The fourth-order valence-corrected chi connectivity index (χ4v) is 2.59. The molecule has 0 aliphatic rings. The largest absolute Gasteiger partial charge is 0.447 e. The second-order valence-corrected chi connectivity index (χ2v) is 6.02. The van der Waals surface area contributed by atoms with Gasteiger partial charge in [-0.05, 0) is 29.8 Å². The van der Waals surface area contributed by atoms with E-state index in [2.05, 4.69) is 16.0 Å². The third-order valence-corrected chi connectivity index (χ3v) is 3.94. The van der Waals surface area contributed by atoms with Gasteiger partial charge in [0.1, 0.15) is 6.61 Å². The summed E-state index contributed by atoms with van der Waals surface area (Å²) in [5.41, 5.74) is 2.14. The van der Waals surface area contributed by atoms with E-state index in [0.717, 1.165) is 5.56 Å². The van der Waals surface area contributed by atoms with Crippen molar-refractivity contribution in [2.75, 3.05) is 17.2 Å². The molecule has 0 aliphatic carbocycles. The van der Waals surface area contributed by atoms with Crippen molar-refractivity contribution in [2.24, 2.45) is 0 Å². The fourth-order valence-electron chi connectivity index (χ4n) is 2.59. The van der Waals surface area contributed by atoms with Gasteiger partial charge in [-0.1, -0.05) is 66.7 Å². The molecule has 0 saturated heterocycles. The first kappa shape index (κ1) is 19.0. The molecule has 3 aromatic rings. The Kier molecular flexibility index (Phi) is 6.62. The molecule has 0 aromatic heterocycles. The Hall–Kier alpha value is -3.80. The minimum atomic E-state index is -0.586. The Morgan fingerprint density at radius 3 is 1.79 bits per heavy atom. The molecule has 0 spiro atoms. The van der Waals surface area contributed by atoms with Gasteiger partial charge in [0, 0.05) is 11.4 Å². The number of rotatable bonds is 6. The topological polar surface area (TPSA) is 79.5 Å². The summed E-state index contributed by atoms with van der Waals surface area (Å²) in [6, 6.07) is 26.6. The molecule has 1 unspecified atom stereocenters. The molecule has 3 amide bonds. The van der Waals surface area contributed by atoms with Gasteiger partial charge < -0.3 is 15.4 Å². The van der Waals surface area contributed by atoms with E-state index in [0.29, 0.717) is 11.4 Å². The van der Waals surface area contributed by atoms with Crippen molar-refractivity contribution >= 4 is 23.5 Å². The molecule has 0 fully saturated rings. The third-order valence-electron chi connectivity index (χ3n) is 3.94. The quantitative estimate of drug-likeness (QED) is 0.579. The molecule has 0 bridgehead atoms. The zero-order valence-corrected chi connectivity index (χ0v) is 15.2. The van der Waals surface area contributed by atoms with Gasteiger partial charge in [0.05, 0.1) is 6.04 Å². The fraction of sp³-hybridized carbons (Fsp3) is 0.0909. The third kappa shape index (κ3) is 5.88. The Labute approximate surface area is 163 Å². The van der Waals surface area contributed by atoms with Crippen molar-refractivity contribution in [3.8, 4) is 0 Å². The zero-order valence-electron chi connectivity index (χ0n) is 15.2. The number of urea groups is 1. The van der Waals surface area contributed by atoms with Crippen LogP contribution in [0.1, 0.15) is 11.6 Å². The van der Waals surface area contributed by atoms with Crippen LogP contribution in [0.3, 0.4) is 0 Å². The Morgan fingerprint density at radius 2 is 1.21 bits per heavy atom. The smallest absolute Gasteiger partial charge is 0.411 e. The van der Waals surface area contributed by atoms with Gasteiger partial charge in [-0.25, -0.2) is 9.59 Å². The van der Waals surface area contributed by atoms with Crippen LogP contribution < -0.4 is 16.0 Å². The predicted molar refractivity (Wildman–Crippen MR) is 109 cm³/mol. The van der Waals surface area contributed by atoms with Crippen LogP contribution in [0.5, 0.6) is 0 Å². The van der Waals surface area contributed by atoms with Crippen LogP contribution in [-0.2, 0) is 4.74 Å². The summed E-state index contributed by atoms with van der Waals surface area (Å²) in [6.45, 7) is -0.00904. The van der Waals surface area contributed by atoms with E-state index in [4.69, 9.17) is 4.74 Å². The summed E-state index contributed by atoms with van der Waals surface area (Å²) in [5, 5.41) is 8.26. The molecule has 3 N–H and O–H groups in total. The second-order valence-electron chi connectivity index (χ2n) is 6.02. The number of ether oxygens (including phenoxy) is 1. The number of benzene rings is 3. The predicted octanol–water partition coefficient (Wildman–Crippen LogP) is 4.80. The number of amides is 3. The number of para-hydroxylation sites is 2. The van der Waals surface area contributed by atoms with Crippen LogP contribution in [0.15, 0.2) is 91.0 Å². The lowest BCUT2D eigenvalue weighted by Crippen LogP contribution is -2.35. The zero-order chi connectivity index (χ0) is 19.6. The number of nitrogens with one attached hydrogen (secondary N) is 3. The Balaban J connectivity index is 1.61. The van der Waals surface area contributed by atoms with Gasteiger partial charge in [0.25, 0.3) is 0 Å².